The number of hydrogen-bond donors (Lipinski definition) is 1. The van der Waals surface area contributed by atoms with Crippen LogP contribution in [-0.2, 0) is 11.8 Å². The topological polar surface area (TPSA) is 80.9 Å². The normalized spacial score (nSPS) is 12.8. The maximum atomic E-state index is 10.4. The Balaban J connectivity index is 2.64. The van der Waals surface area contributed by atoms with Crippen LogP contribution in [0.15, 0.2) is 5.16 Å². The van der Waals surface area contributed by atoms with E-state index in [4.69, 9.17) is 5.11 Å². The minimum atomic E-state index is -0.872. The molecule has 0 saturated heterocycles. The molecule has 0 unspecified atom stereocenters. The molecule has 0 aliphatic carbocycles. The smallest absolute Gasteiger partial charge is 0.316 e. The molecular weight excluding hydrogens is 180 g/mol. The molecule has 7 heteroatoms. The quantitative estimate of drug-likeness (QED) is 0.660. The second-order valence-electron chi connectivity index (χ2n) is 2.18. The van der Waals surface area contributed by atoms with Crippen LogP contribution in [0.4, 0.5) is 0 Å². The summed E-state index contributed by atoms with van der Waals surface area (Å²) < 4.78 is 1.43. The van der Waals surface area contributed by atoms with Crippen molar-refractivity contribution in [2.75, 3.05) is 0 Å². The van der Waals surface area contributed by atoms with Crippen molar-refractivity contribution in [3.63, 3.8) is 0 Å². The van der Waals surface area contributed by atoms with Gasteiger partial charge in [-0.3, -0.25) is 4.79 Å². The van der Waals surface area contributed by atoms with Gasteiger partial charge in [0.15, 0.2) is 0 Å². The number of carboxylic acid groups (broad SMARTS) is 1. The number of hydrogen-bond acceptors (Lipinski definition) is 5. The van der Waals surface area contributed by atoms with Crippen molar-refractivity contribution < 1.29 is 9.90 Å². The average molecular weight is 188 g/mol. The second-order valence-corrected chi connectivity index (χ2v) is 3.49. The van der Waals surface area contributed by atoms with Crippen molar-refractivity contribution in [2.45, 2.75) is 17.3 Å². The van der Waals surface area contributed by atoms with Gasteiger partial charge in [-0.2, -0.15) is 0 Å². The molecule has 0 amide bonds. The number of tetrazole rings is 1. The van der Waals surface area contributed by atoms with E-state index < -0.39 is 11.2 Å². The molecule has 6 nitrogen and oxygen atoms in total. The van der Waals surface area contributed by atoms with Crippen LogP contribution >= 0.6 is 11.8 Å². The Morgan fingerprint density at radius 2 is 2.42 bits per heavy atom. The Kier molecular flexibility index (Phi) is 2.64. The molecule has 0 aliphatic heterocycles. The molecule has 0 aliphatic rings. The van der Waals surface area contributed by atoms with Crippen molar-refractivity contribution in [3.8, 4) is 0 Å². The molecule has 1 aromatic heterocycles. The van der Waals surface area contributed by atoms with Crippen LogP contribution in [0.25, 0.3) is 0 Å². The van der Waals surface area contributed by atoms with Gasteiger partial charge in [-0.05, 0) is 17.4 Å². The van der Waals surface area contributed by atoms with E-state index in [2.05, 4.69) is 15.5 Å². The first-order valence-corrected chi connectivity index (χ1v) is 4.11. The number of aryl methyl sites for hydroxylation is 1. The number of aromatic nitrogens is 4. The first-order chi connectivity index (χ1) is 5.61. The summed E-state index contributed by atoms with van der Waals surface area (Å²) in [6.07, 6.45) is 0. The van der Waals surface area contributed by atoms with Gasteiger partial charge in [0.1, 0.15) is 5.25 Å². The summed E-state index contributed by atoms with van der Waals surface area (Å²) in [5, 5.41) is 19.1. The summed E-state index contributed by atoms with van der Waals surface area (Å²) in [4.78, 5) is 10.4. The highest BCUT2D eigenvalue weighted by molar-refractivity contribution is 8.00. The fourth-order valence-electron chi connectivity index (χ4n) is 0.530. The van der Waals surface area contributed by atoms with Crippen LogP contribution < -0.4 is 0 Å². The third-order valence-corrected chi connectivity index (χ3v) is 2.32. The van der Waals surface area contributed by atoms with Crippen molar-refractivity contribution in [2.24, 2.45) is 7.05 Å². The van der Waals surface area contributed by atoms with Crippen LogP contribution in [0.5, 0.6) is 0 Å². The maximum Gasteiger partial charge on any atom is 0.316 e. The van der Waals surface area contributed by atoms with Gasteiger partial charge in [0, 0.05) is 7.05 Å². The fourth-order valence-corrected chi connectivity index (χ4v) is 1.22. The predicted octanol–water partition coefficient (Wildman–Crippen LogP) is -0.225. The van der Waals surface area contributed by atoms with E-state index in [1.807, 2.05) is 0 Å². The van der Waals surface area contributed by atoms with E-state index in [0.29, 0.717) is 5.16 Å². The summed E-state index contributed by atoms with van der Waals surface area (Å²) >= 11 is 1.11. The first kappa shape index (κ1) is 8.98. The standard InChI is InChI=1S/C5H8N4O2S/c1-3(4(10)11)12-5-6-7-8-9(5)2/h3H,1-2H3,(H,10,11)/t3-/m0/s1. The lowest BCUT2D eigenvalue weighted by Crippen LogP contribution is -2.12. The van der Waals surface area contributed by atoms with Gasteiger partial charge in [0.2, 0.25) is 5.16 Å². The summed E-state index contributed by atoms with van der Waals surface area (Å²) in [5.41, 5.74) is 0. The third-order valence-electron chi connectivity index (χ3n) is 1.21. The lowest BCUT2D eigenvalue weighted by atomic mass is 10.5. The SMILES string of the molecule is C[C@H](Sc1nnnn1C)C(=O)O. The molecule has 0 aromatic carbocycles. The Labute approximate surface area is 73.0 Å². The van der Waals surface area contributed by atoms with Crippen molar-refractivity contribution in [1.82, 2.24) is 20.2 Å². The lowest BCUT2D eigenvalue weighted by molar-refractivity contribution is -0.136. The Hall–Kier alpha value is -1.11. The molecule has 1 N–H and O–H groups in total. The number of aliphatic carboxylic acids is 1. The molecule has 1 heterocycles. The van der Waals surface area contributed by atoms with Gasteiger partial charge >= 0.3 is 5.97 Å². The zero-order chi connectivity index (χ0) is 9.14. The zero-order valence-corrected chi connectivity index (χ0v) is 7.45. The molecule has 1 atom stereocenters. The molecule has 0 fully saturated rings. The minimum absolute atomic E-state index is 0.505. The highest BCUT2D eigenvalue weighted by Gasteiger charge is 2.15. The molecule has 1 rings (SSSR count). The summed E-state index contributed by atoms with van der Waals surface area (Å²) in [6, 6.07) is 0. The van der Waals surface area contributed by atoms with E-state index in [0.717, 1.165) is 11.8 Å². The zero-order valence-electron chi connectivity index (χ0n) is 6.63. The molecule has 0 bridgehead atoms. The molecule has 66 valence electrons. The van der Waals surface area contributed by atoms with Gasteiger partial charge < -0.3 is 5.11 Å². The molecule has 12 heavy (non-hydrogen) atoms. The number of carbonyl (C=O) groups is 1. The molecule has 0 saturated carbocycles. The summed E-state index contributed by atoms with van der Waals surface area (Å²) in [7, 11) is 1.66. The predicted molar refractivity (Wildman–Crippen MR) is 41.8 cm³/mol. The van der Waals surface area contributed by atoms with Gasteiger partial charge in [0.25, 0.3) is 0 Å². The Morgan fingerprint density at radius 1 is 1.75 bits per heavy atom. The van der Waals surface area contributed by atoms with Crippen LogP contribution in [0.2, 0.25) is 0 Å². The van der Waals surface area contributed by atoms with E-state index in [9.17, 15) is 4.79 Å². The number of carboxylic acids is 1. The van der Waals surface area contributed by atoms with Crippen LogP contribution in [-0.4, -0.2) is 36.5 Å². The van der Waals surface area contributed by atoms with Crippen molar-refractivity contribution >= 4 is 17.7 Å². The highest BCUT2D eigenvalue weighted by Crippen LogP contribution is 2.18. The fraction of sp³-hybridized carbons (Fsp3) is 0.600. The molecule has 1 aromatic rings. The van der Waals surface area contributed by atoms with Gasteiger partial charge in [-0.15, -0.1) is 5.10 Å². The Bertz CT molecular complexity index is 287. The first-order valence-electron chi connectivity index (χ1n) is 3.23. The lowest BCUT2D eigenvalue weighted by Gasteiger charge is -2.02. The minimum Gasteiger partial charge on any atom is -0.480 e. The summed E-state index contributed by atoms with van der Waals surface area (Å²) in [6.45, 7) is 1.58. The number of nitrogens with zero attached hydrogens (tertiary/aromatic N) is 4. The van der Waals surface area contributed by atoms with Gasteiger partial charge in [0.05, 0.1) is 0 Å². The monoisotopic (exact) mass is 188 g/mol. The third kappa shape index (κ3) is 1.94. The largest absolute Gasteiger partial charge is 0.480 e. The second kappa shape index (κ2) is 3.53. The van der Waals surface area contributed by atoms with Crippen LogP contribution in [0.1, 0.15) is 6.92 Å². The maximum absolute atomic E-state index is 10.4. The molecular formula is C5H8N4O2S. The Morgan fingerprint density at radius 3 is 2.83 bits per heavy atom. The van der Waals surface area contributed by atoms with Crippen LogP contribution in [0.3, 0.4) is 0 Å². The molecule has 0 spiro atoms. The highest BCUT2D eigenvalue weighted by atomic mass is 32.2. The van der Waals surface area contributed by atoms with Crippen molar-refractivity contribution in [1.29, 1.82) is 0 Å². The molecule has 0 radical (unpaired) electrons. The number of rotatable bonds is 3. The van der Waals surface area contributed by atoms with Gasteiger partial charge in [-0.25, -0.2) is 4.68 Å². The van der Waals surface area contributed by atoms with E-state index in [1.165, 1.54) is 4.68 Å². The van der Waals surface area contributed by atoms with Crippen LogP contribution in [0, 0.1) is 0 Å². The van der Waals surface area contributed by atoms with E-state index >= 15 is 0 Å². The number of thioether (sulfide) groups is 1. The average Bonchev–Trinajstić information content (AvgIpc) is 2.36. The van der Waals surface area contributed by atoms with Crippen molar-refractivity contribution in [3.05, 3.63) is 0 Å². The summed E-state index contributed by atoms with van der Waals surface area (Å²) in [5.74, 6) is -0.872. The van der Waals surface area contributed by atoms with E-state index in [-0.39, 0.29) is 0 Å². The van der Waals surface area contributed by atoms with E-state index in [1.54, 1.807) is 14.0 Å². The van der Waals surface area contributed by atoms with Gasteiger partial charge in [-0.1, -0.05) is 11.8 Å².